The van der Waals surface area contributed by atoms with Crippen LogP contribution >= 0.6 is 0 Å². The summed E-state index contributed by atoms with van der Waals surface area (Å²) < 4.78 is 6.65. The number of ether oxygens (including phenoxy) is 1. The lowest BCUT2D eigenvalue weighted by Gasteiger charge is -2.39. The Morgan fingerprint density at radius 2 is 0.983 bits per heavy atom. The van der Waals surface area contributed by atoms with Crippen LogP contribution in [0.4, 0.5) is 5.69 Å². The molecule has 0 amide bonds. The van der Waals surface area contributed by atoms with Gasteiger partial charge in [-0.1, -0.05) is 158 Å². The van der Waals surface area contributed by atoms with Crippen LogP contribution in [0.25, 0.3) is 44.2 Å². The van der Waals surface area contributed by atoms with Crippen molar-refractivity contribution in [2.24, 2.45) is 4.99 Å². The molecule has 9 aromatic rings. The summed E-state index contributed by atoms with van der Waals surface area (Å²) in [6.07, 6.45) is -0.218. The molecule has 0 fully saturated rings. The largest absolute Gasteiger partial charge is 0.457 e. The van der Waals surface area contributed by atoms with E-state index in [1.807, 2.05) is 0 Å². The number of nitrogens with one attached hydrogen (secondary N) is 1. The molecule has 1 spiro atoms. The molecule has 1 aliphatic carbocycles. The maximum absolute atomic E-state index is 6.65. The number of para-hydroxylation sites is 3. The zero-order valence-electron chi connectivity index (χ0n) is 31.6. The minimum Gasteiger partial charge on any atom is -0.457 e. The molecule has 2 aliphatic heterocycles. The number of hydrogen-bond donors (Lipinski definition) is 1. The zero-order chi connectivity index (χ0) is 38.2. The highest BCUT2D eigenvalue weighted by Crippen LogP contribution is 2.63. The van der Waals surface area contributed by atoms with Gasteiger partial charge in [0.25, 0.3) is 0 Å². The first-order valence-corrected chi connectivity index (χ1v) is 20.0. The van der Waals surface area contributed by atoms with Crippen LogP contribution < -0.4 is 10.1 Å². The third-order valence-electron chi connectivity index (χ3n) is 12.3. The first-order chi connectivity index (χ1) is 28.7. The second-order valence-electron chi connectivity index (χ2n) is 15.5. The van der Waals surface area contributed by atoms with E-state index in [9.17, 15) is 0 Å². The summed E-state index contributed by atoms with van der Waals surface area (Å²) in [7, 11) is 0. The van der Waals surface area contributed by atoms with Crippen LogP contribution in [0, 0.1) is 0 Å². The predicted octanol–water partition coefficient (Wildman–Crippen LogP) is 13.6. The zero-order valence-corrected chi connectivity index (χ0v) is 31.6. The van der Waals surface area contributed by atoms with Crippen LogP contribution in [0.1, 0.15) is 45.1 Å². The molecule has 0 bridgehead atoms. The second-order valence-corrected chi connectivity index (χ2v) is 15.5. The molecule has 1 unspecified atom stereocenters. The molecule has 272 valence electrons. The molecular formula is C55H36N2O. The molecule has 3 nitrogen and oxygen atoms in total. The van der Waals surface area contributed by atoms with E-state index in [4.69, 9.17) is 9.73 Å². The lowest BCUT2D eigenvalue weighted by atomic mass is 9.65. The van der Waals surface area contributed by atoms with Crippen LogP contribution in [0.2, 0.25) is 0 Å². The molecule has 3 heteroatoms. The van der Waals surface area contributed by atoms with Crippen LogP contribution in [0.3, 0.4) is 0 Å². The first kappa shape index (κ1) is 32.7. The SMILES string of the molecule is c1ccc(C2=NC(c3cccc(-c4cccc(-c5ccc6c(c5)C5(c7ccccc7Oc7ccccc75)c5cc7ccccc7cc5-6)c4)c3)Nc3ccccc32)cc1. The predicted molar refractivity (Wildman–Crippen MR) is 237 cm³/mol. The van der Waals surface area contributed by atoms with Crippen molar-refractivity contribution < 1.29 is 4.74 Å². The number of anilines is 1. The molecule has 2 heterocycles. The van der Waals surface area contributed by atoms with E-state index >= 15 is 0 Å². The molecular weight excluding hydrogens is 705 g/mol. The van der Waals surface area contributed by atoms with E-state index in [2.05, 4.69) is 212 Å². The monoisotopic (exact) mass is 740 g/mol. The molecule has 1 atom stereocenters. The van der Waals surface area contributed by atoms with Crippen molar-refractivity contribution in [3.05, 3.63) is 245 Å². The van der Waals surface area contributed by atoms with Crippen LogP contribution in [-0.4, -0.2) is 5.71 Å². The van der Waals surface area contributed by atoms with Crippen LogP contribution in [0.5, 0.6) is 11.5 Å². The van der Waals surface area contributed by atoms with Gasteiger partial charge in [-0.15, -0.1) is 0 Å². The highest BCUT2D eigenvalue weighted by Gasteiger charge is 2.51. The average molecular weight is 741 g/mol. The quantitative estimate of drug-likeness (QED) is 0.195. The molecule has 0 saturated heterocycles. The Hall–Kier alpha value is -7.49. The van der Waals surface area contributed by atoms with Gasteiger partial charge < -0.3 is 10.1 Å². The van der Waals surface area contributed by atoms with Gasteiger partial charge in [-0.05, 0) is 109 Å². The van der Waals surface area contributed by atoms with Crippen molar-refractivity contribution in [2.75, 3.05) is 5.32 Å². The van der Waals surface area contributed by atoms with Crippen LogP contribution in [0.15, 0.2) is 211 Å². The second kappa shape index (κ2) is 12.8. The maximum atomic E-state index is 6.65. The Morgan fingerprint density at radius 3 is 1.76 bits per heavy atom. The van der Waals surface area contributed by atoms with E-state index < -0.39 is 5.41 Å². The third-order valence-corrected chi connectivity index (χ3v) is 12.3. The summed E-state index contributed by atoms with van der Waals surface area (Å²) in [6.45, 7) is 0. The fourth-order valence-corrected chi connectivity index (χ4v) is 9.71. The van der Waals surface area contributed by atoms with Gasteiger partial charge in [0.1, 0.15) is 17.7 Å². The van der Waals surface area contributed by atoms with Gasteiger partial charge in [-0.3, -0.25) is 4.99 Å². The number of hydrogen-bond acceptors (Lipinski definition) is 3. The molecule has 1 N–H and O–H groups in total. The molecule has 0 radical (unpaired) electrons. The van der Waals surface area contributed by atoms with Gasteiger partial charge in [-0.2, -0.15) is 0 Å². The summed E-state index contributed by atoms with van der Waals surface area (Å²) in [5.41, 5.74) is 17.0. The van der Waals surface area contributed by atoms with E-state index in [1.165, 1.54) is 55.3 Å². The molecule has 9 aromatic carbocycles. The van der Waals surface area contributed by atoms with Crippen molar-refractivity contribution in [1.29, 1.82) is 0 Å². The maximum Gasteiger partial charge on any atom is 0.145 e. The van der Waals surface area contributed by atoms with E-state index in [0.29, 0.717) is 0 Å². The normalized spacial score (nSPS) is 15.2. The van der Waals surface area contributed by atoms with E-state index in [0.717, 1.165) is 50.7 Å². The summed E-state index contributed by atoms with van der Waals surface area (Å²) in [4.78, 5) is 5.30. The summed E-state index contributed by atoms with van der Waals surface area (Å²) >= 11 is 0. The number of fused-ring (bicyclic) bond motifs is 11. The lowest BCUT2D eigenvalue weighted by molar-refractivity contribution is 0.436. The first-order valence-electron chi connectivity index (χ1n) is 20.0. The lowest BCUT2D eigenvalue weighted by Crippen LogP contribution is -2.32. The summed E-state index contributed by atoms with van der Waals surface area (Å²) in [5.74, 6) is 1.80. The van der Waals surface area contributed by atoms with Crippen molar-refractivity contribution in [3.8, 4) is 44.9 Å². The molecule has 12 rings (SSSR count). The van der Waals surface area contributed by atoms with Gasteiger partial charge in [0, 0.05) is 27.9 Å². The molecule has 58 heavy (non-hydrogen) atoms. The Balaban J connectivity index is 0.989. The standard InChI is InChI=1S/C55H36N2O/c1-2-14-35(15-3-1)53-44-22-6-9-25-50(44)56-54(57-53)42-21-13-20-38(31-42)36-18-12-19-37(30-36)41-28-29-43-45-32-39-16-4-5-17-40(39)33-49(45)55(48(43)34-41)46-23-7-10-26-51(46)58-52-27-11-8-24-47(52)55/h1-34,54,56H. The fourth-order valence-electron chi connectivity index (χ4n) is 9.71. The van der Waals surface area contributed by atoms with Gasteiger partial charge in [0.05, 0.1) is 11.1 Å². The Kier molecular flexibility index (Phi) is 7.21. The average Bonchev–Trinajstić information content (AvgIpc) is 3.57. The number of rotatable bonds is 4. The molecule has 3 aliphatic rings. The van der Waals surface area contributed by atoms with Gasteiger partial charge in [-0.25, -0.2) is 0 Å². The number of nitrogens with zero attached hydrogens (tertiary/aromatic N) is 1. The van der Waals surface area contributed by atoms with Crippen molar-refractivity contribution in [2.45, 2.75) is 11.6 Å². The van der Waals surface area contributed by atoms with E-state index in [1.54, 1.807) is 0 Å². The minimum atomic E-state index is -0.549. The number of aliphatic imine (C=N–C) groups is 1. The topological polar surface area (TPSA) is 33.6 Å². The van der Waals surface area contributed by atoms with Gasteiger partial charge in [0.2, 0.25) is 0 Å². The third kappa shape index (κ3) is 4.90. The van der Waals surface area contributed by atoms with Crippen molar-refractivity contribution >= 4 is 22.2 Å². The van der Waals surface area contributed by atoms with Gasteiger partial charge in [0.15, 0.2) is 0 Å². The van der Waals surface area contributed by atoms with Crippen molar-refractivity contribution in [3.63, 3.8) is 0 Å². The Labute approximate surface area is 337 Å². The summed E-state index contributed by atoms with van der Waals surface area (Å²) in [5, 5.41) is 6.19. The van der Waals surface area contributed by atoms with Crippen molar-refractivity contribution in [1.82, 2.24) is 0 Å². The highest BCUT2D eigenvalue weighted by molar-refractivity contribution is 6.17. The fraction of sp³-hybridized carbons (Fsp3) is 0.0364. The highest BCUT2D eigenvalue weighted by atomic mass is 16.5. The minimum absolute atomic E-state index is 0.218. The van der Waals surface area contributed by atoms with E-state index in [-0.39, 0.29) is 6.17 Å². The summed E-state index contributed by atoms with van der Waals surface area (Å²) in [6, 6.07) is 74.5. The smallest absolute Gasteiger partial charge is 0.145 e. The molecule has 0 aromatic heterocycles. The van der Waals surface area contributed by atoms with Crippen LogP contribution in [-0.2, 0) is 5.41 Å². The number of benzene rings is 9. The molecule has 0 saturated carbocycles. The van der Waals surface area contributed by atoms with Gasteiger partial charge >= 0.3 is 0 Å². The Bertz CT molecular complexity index is 3100. The Morgan fingerprint density at radius 1 is 0.397 bits per heavy atom.